The Labute approximate surface area is 78.7 Å². The Morgan fingerprint density at radius 1 is 1.42 bits per heavy atom. The number of hydrogen-bond donors (Lipinski definition) is 0. The minimum atomic E-state index is -1.53. The molecule has 0 saturated carbocycles. The van der Waals surface area contributed by atoms with Crippen LogP contribution in [-0.4, -0.2) is 22.8 Å². The zero-order valence-electron chi connectivity index (χ0n) is 9.32. The molecule has 0 aromatic carbocycles. The Balaban J connectivity index is 4.14. The molecule has 0 bridgehead atoms. The monoisotopic (exact) mass is 184 g/mol. The van der Waals surface area contributed by atoms with Crippen molar-refractivity contribution >= 4 is 16.2 Å². The Kier molecular flexibility index (Phi) is 3.79. The van der Waals surface area contributed by atoms with Crippen LogP contribution >= 0.6 is 0 Å². The van der Waals surface area contributed by atoms with Crippen molar-refractivity contribution in [1.29, 1.82) is 0 Å². The van der Waals surface area contributed by atoms with Crippen molar-refractivity contribution in [2.24, 2.45) is 0 Å². The Morgan fingerprint density at radius 3 is 2.08 bits per heavy atom. The Bertz CT molecular complexity index is 170. The van der Waals surface area contributed by atoms with Gasteiger partial charge >= 0.3 is 0 Å². The van der Waals surface area contributed by atoms with Gasteiger partial charge in [-0.25, -0.2) is 0 Å². The molecule has 0 aliphatic heterocycles. The topological polar surface area (TPSA) is 9.23 Å². The summed E-state index contributed by atoms with van der Waals surface area (Å²) in [5.74, 6) is 0. The second-order valence-corrected chi connectivity index (χ2v) is 9.82. The van der Waals surface area contributed by atoms with E-state index in [1.807, 2.05) is 7.85 Å². The SMILES string of the molecule is BC(=C)CO[Si](C)(C)C(C)(C)C. The van der Waals surface area contributed by atoms with Crippen molar-refractivity contribution in [2.75, 3.05) is 6.61 Å². The van der Waals surface area contributed by atoms with Crippen LogP contribution in [0.2, 0.25) is 18.1 Å². The summed E-state index contributed by atoms with van der Waals surface area (Å²) in [5.41, 5.74) is 1.11. The maximum absolute atomic E-state index is 5.89. The Morgan fingerprint density at radius 2 is 1.83 bits per heavy atom. The largest absolute Gasteiger partial charge is 0.414 e. The van der Waals surface area contributed by atoms with Gasteiger partial charge in [-0.15, -0.1) is 6.58 Å². The van der Waals surface area contributed by atoms with Gasteiger partial charge in [0, 0.05) is 6.61 Å². The average molecular weight is 184 g/mol. The van der Waals surface area contributed by atoms with E-state index in [9.17, 15) is 0 Å². The molecule has 0 aliphatic rings. The van der Waals surface area contributed by atoms with Gasteiger partial charge < -0.3 is 4.43 Å². The highest BCUT2D eigenvalue weighted by atomic mass is 28.4. The minimum absolute atomic E-state index is 0.308. The molecule has 3 heteroatoms. The van der Waals surface area contributed by atoms with Crippen LogP contribution in [0.25, 0.3) is 0 Å². The summed E-state index contributed by atoms with van der Waals surface area (Å²) in [4.78, 5) is 0. The van der Waals surface area contributed by atoms with E-state index in [1.54, 1.807) is 0 Å². The normalized spacial score (nSPS) is 13.1. The van der Waals surface area contributed by atoms with Gasteiger partial charge in [0.1, 0.15) is 7.85 Å². The van der Waals surface area contributed by atoms with E-state index in [4.69, 9.17) is 4.43 Å². The highest BCUT2D eigenvalue weighted by Gasteiger charge is 2.36. The smallest absolute Gasteiger partial charge is 0.192 e. The average Bonchev–Trinajstić information content (AvgIpc) is 1.81. The van der Waals surface area contributed by atoms with Crippen molar-refractivity contribution in [3.8, 4) is 0 Å². The lowest BCUT2D eigenvalue weighted by molar-refractivity contribution is 0.325. The molecule has 1 nitrogen and oxygen atoms in total. The van der Waals surface area contributed by atoms with Crippen molar-refractivity contribution < 1.29 is 4.43 Å². The van der Waals surface area contributed by atoms with Crippen molar-refractivity contribution in [3.05, 3.63) is 12.1 Å². The van der Waals surface area contributed by atoms with Gasteiger partial charge in [-0.1, -0.05) is 26.2 Å². The fourth-order valence-corrected chi connectivity index (χ4v) is 1.56. The van der Waals surface area contributed by atoms with E-state index >= 15 is 0 Å². The molecular weight excluding hydrogens is 163 g/mol. The quantitative estimate of drug-likeness (QED) is 0.610. The van der Waals surface area contributed by atoms with Crippen molar-refractivity contribution in [2.45, 2.75) is 38.9 Å². The van der Waals surface area contributed by atoms with Crippen molar-refractivity contribution in [1.82, 2.24) is 0 Å². The molecule has 0 N–H and O–H groups in total. The molecular formula is C9H21BOSi. The van der Waals surface area contributed by atoms with E-state index < -0.39 is 8.32 Å². The lowest BCUT2D eigenvalue weighted by Gasteiger charge is -2.36. The summed E-state index contributed by atoms with van der Waals surface area (Å²) in [6.45, 7) is 15.8. The first-order valence-electron chi connectivity index (χ1n) is 4.45. The minimum Gasteiger partial charge on any atom is -0.414 e. The maximum Gasteiger partial charge on any atom is 0.192 e. The molecule has 12 heavy (non-hydrogen) atoms. The number of rotatable bonds is 3. The molecule has 0 spiro atoms. The molecule has 0 aliphatic carbocycles. The predicted octanol–water partition coefficient (Wildman–Crippen LogP) is 2.16. The number of hydrogen-bond acceptors (Lipinski definition) is 1. The standard InChI is InChI=1S/C9H21BOSi/c1-8(10)7-11-12(5,6)9(2,3)4/h1,7,10H2,2-6H3. The highest BCUT2D eigenvalue weighted by molar-refractivity contribution is 6.74. The molecule has 0 aromatic heterocycles. The Hall–Kier alpha value is -0.0182. The van der Waals surface area contributed by atoms with Gasteiger partial charge in [-0.05, 0) is 18.1 Å². The molecule has 0 aromatic rings. The summed E-state index contributed by atoms with van der Waals surface area (Å²) in [5, 5.41) is 0.308. The molecule has 0 radical (unpaired) electrons. The fraction of sp³-hybridized carbons (Fsp3) is 0.778. The summed E-state index contributed by atoms with van der Waals surface area (Å²) >= 11 is 0. The summed E-state index contributed by atoms with van der Waals surface area (Å²) in [6.07, 6.45) is 0. The van der Waals surface area contributed by atoms with Crippen LogP contribution < -0.4 is 0 Å². The van der Waals surface area contributed by atoms with Crippen LogP contribution in [0.15, 0.2) is 12.1 Å². The van der Waals surface area contributed by atoms with Crippen LogP contribution in [0.3, 0.4) is 0 Å². The van der Waals surface area contributed by atoms with Gasteiger partial charge in [0.05, 0.1) is 0 Å². The summed E-state index contributed by atoms with van der Waals surface area (Å²) in [7, 11) is 0.479. The van der Waals surface area contributed by atoms with E-state index in [0.29, 0.717) is 5.04 Å². The molecule has 0 amide bonds. The molecule has 0 heterocycles. The van der Waals surface area contributed by atoms with Gasteiger partial charge in [-0.3, -0.25) is 0 Å². The second-order valence-electron chi connectivity index (χ2n) is 5.01. The first kappa shape index (κ1) is 12.0. The lowest BCUT2D eigenvalue weighted by atomic mass is 10.00. The van der Waals surface area contributed by atoms with Gasteiger partial charge in [-0.2, -0.15) is 0 Å². The van der Waals surface area contributed by atoms with Crippen molar-refractivity contribution in [3.63, 3.8) is 0 Å². The van der Waals surface area contributed by atoms with Crippen LogP contribution in [0.4, 0.5) is 0 Å². The molecule has 0 unspecified atom stereocenters. The molecule has 70 valence electrons. The third kappa shape index (κ3) is 3.59. The first-order chi connectivity index (χ1) is 5.17. The van der Waals surface area contributed by atoms with Crippen LogP contribution in [0.1, 0.15) is 20.8 Å². The zero-order valence-corrected chi connectivity index (χ0v) is 10.3. The molecule has 0 rings (SSSR count). The van der Waals surface area contributed by atoms with E-state index in [1.165, 1.54) is 0 Å². The van der Waals surface area contributed by atoms with E-state index in [2.05, 4.69) is 40.4 Å². The second kappa shape index (κ2) is 3.79. The third-order valence-corrected chi connectivity index (χ3v) is 6.96. The summed E-state index contributed by atoms with van der Waals surface area (Å²) < 4.78 is 5.89. The molecule has 0 saturated heterocycles. The maximum atomic E-state index is 5.89. The van der Waals surface area contributed by atoms with E-state index in [-0.39, 0.29) is 0 Å². The highest BCUT2D eigenvalue weighted by Crippen LogP contribution is 2.36. The zero-order chi connectivity index (χ0) is 9.99. The molecule has 0 fully saturated rings. The van der Waals surface area contributed by atoms with E-state index in [0.717, 1.165) is 12.1 Å². The first-order valence-corrected chi connectivity index (χ1v) is 7.36. The predicted molar refractivity (Wildman–Crippen MR) is 60.8 cm³/mol. The van der Waals surface area contributed by atoms with Crippen LogP contribution in [-0.2, 0) is 4.43 Å². The van der Waals surface area contributed by atoms with Crippen LogP contribution in [0.5, 0.6) is 0 Å². The van der Waals surface area contributed by atoms with Crippen LogP contribution in [0, 0.1) is 0 Å². The fourth-order valence-electron chi connectivity index (χ4n) is 0.520. The van der Waals surface area contributed by atoms with Gasteiger partial charge in [0.2, 0.25) is 0 Å². The molecule has 0 atom stereocenters. The van der Waals surface area contributed by atoms with Gasteiger partial charge in [0.15, 0.2) is 8.32 Å². The lowest BCUT2D eigenvalue weighted by Crippen LogP contribution is -2.41. The summed E-state index contributed by atoms with van der Waals surface area (Å²) in [6, 6.07) is 0. The van der Waals surface area contributed by atoms with Gasteiger partial charge in [0.25, 0.3) is 0 Å². The third-order valence-electron chi connectivity index (χ3n) is 2.49.